The number of benzene rings is 1. The van der Waals surface area contributed by atoms with Gasteiger partial charge in [-0.05, 0) is 12.1 Å². The van der Waals surface area contributed by atoms with Gasteiger partial charge in [0.1, 0.15) is 16.7 Å². The fraction of sp³-hybridized carbons (Fsp3) is 0.105. The summed E-state index contributed by atoms with van der Waals surface area (Å²) < 4.78 is 1.71. The maximum Gasteiger partial charge on any atom is 0.326 e. The molecular formula is C19H16N4O5S. The number of amides is 1. The second kappa shape index (κ2) is 8.07. The standard InChI is InChI=1S/C19H16N4O5S/c20-17(29)11-3-1-10(2-4-11)14-9-23-6-5-12(7-15(23)21-14)18(26)22-13(19(27)28)8-16(24)25/h1-7,9,13H,8H2,(H2,20,29)(H,22,26)(H,24,25)(H,27,28)/t13-/m0/s1. The summed E-state index contributed by atoms with van der Waals surface area (Å²) in [4.78, 5) is 39.0. The van der Waals surface area contributed by atoms with Crippen LogP contribution in [-0.2, 0) is 9.59 Å². The van der Waals surface area contributed by atoms with Crippen LogP contribution in [0.5, 0.6) is 0 Å². The Labute approximate surface area is 169 Å². The Morgan fingerprint density at radius 3 is 2.41 bits per heavy atom. The van der Waals surface area contributed by atoms with E-state index in [0.717, 1.165) is 11.1 Å². The van der Waals surface area contributed by atoms with Crippen LogP contribution in [0.2, 0.25) is 0 Å². The van der Waals surface area contributed by atoms with Crippen molar-refractivity contribution in [2.75, 3.05) is 0 Å². The highest BCUT2D eigenvalue weighted by atomic mass is 32.1. The van der Waals surface area contributed by atoms with Crippen LogP contribution in [0.3, 0.4) is 0 Å². The lowest BCUT2D eigenvalue weighted by atomic mass is 10.1. The molecule has 0 fully saturated rings. The number of fused-ring (bicyclic) bond motifs is 1. The molecule has 0 radical (unpaired) electrons. The summed E-state index contributed by atoms with van der Waals surface area (Å²) in [5, 5.41) is 20.0. The molecule has 1 atom stereocenters. The highest BCUT2D eigenvalue weighted by molar-refractivity contribution is 7.80. The van der Waals surface area contributed by atoms with Gasteiger partial charge in [-0.3, -0.25) is 9.59 Å². The molecular weight excluding hydrogens is 396 g/mol. The van der Waals surface area contributed by atoms with E-state index in [1.54, 1.807) is 28.9 Å². The van der Waals surface area contributed by atoms with E-state index in [1.807, 2.05) is 12.1 Å². The molecule has 29 heavy (non-hydrogen) atoms. The fourth-order valence-corrected chi connectivity index (χ4v) is 2.82. The quantitative estimate of drug-likeness (QED) is 0.425. The molecule has 9 nitrogen and oxygen atoms in total. The van der Waals surface area contributed by atoms with Crippen molar-refractivity contribution in [1.82, 2.24) is 14.7 Å². The lowest BCUT2D eigenvalue weighted by Gasteiger charge is -2.12. The number of pyridine rings is 1. The highest BCUT2D eigenvalue weighted by Crippen LogP contribution is 2.20. The Hall–Kier alpha value is -3.79. The van der Waals surface area contributed by atoms with Crippen LogP contribution >= 0.6 is 12.2 Å². The van der Waals surface area contributed by atoms with Gasteiger partial charge in [-0.1, -0.05) is 36.5 Å². The highest BCUT2D eigenvalue weighted by Gasteiger charge is 2.23. The van der Waals surface area contributed by atoms with Crippen LogP contribution in [-0.4, -0.2) is 48.5 Å². The number of aromatic nitrogens is 2. The number of carbonyl (C=O) groups excluding carboxylic acids is 1. The van der Waals surface area contributed by atoms with Crippen molar-refractivity contribution >= 4 is 40.7 Å². The van der Waals surface area contributed by atoms with Crippen LogP contribution in [0.4, 0.5) is 0 Å². The second-order valence-electron chi connectivity index (χ2n) is 6.21. The molecule has 0 aliphatic carbocycles. The smallest absolute Gasteiger partial charge is 0.326 e. The third-order valence-corrected chi connectivity index (χ3v) is 4.41. The first kappa shape index (κ1) is 20.0. The van der Waals surface area contributed by atoms with E-state index >= 15 is 0 Å². The van der Waals surface area contributed by atoms with Crippen molar-refractivity contribution in [2.24, 2.45) is 5.73 Å². The summed E-state index contributed by atoms with van der Waals surface area (Å²) in [5.41, 5.74) is 8.45. The summed E-state index contributed by atoms with van der Waals surface area (Å²) in [7, 11) is 0. The van der Waals surface area contributed by atoms with Gasteiger partial charge in [0.2, 0.25) is 0 Å². The maximum atomic E-state index is 12.3. The second-order valence-corrected chi connectivity index (χ2v) is 6.65. The molecule has 0 saturated carbocycles. The molecule has 0 saturated heterocycles. The number of carbonyl (C=O) groups is 3. The van der Waals surface area contributed by atoms with E-state index in [-0.39, 0.29) is 5.56 Å². The molecule has 5 N–H and O–H groups in total. The van der Waals surface area contributed by atoms with Crippen LogP contribution < -0.4 is 11.1 Å². The van der Waals surface area contributed by atoms with Gasteiger partial charge in [-0.15, -0.1) is 0 Å². The average molecular weight is 412 g/mol. The zero-order valence-corrected chi connectivity index (χ0v) is 15.7. The topological polar surface area (TPSA) is 147 Å². The Morgan fingerprint density at radius 1 is 1.14 bits per heavy atom. The van der Waals surface area contributed by atoms with Gasteiger partial charge in [0.25, 0.3) is 5.91 Å². The minimum absolute atomic E-state index is 0.162. The third kappa shape index (κ3) is 4.55. The van der Waals surface area contributed by atoms with Crippen molar-refractivity contribution < 1.29 is 24.6 Å². The molecule has 10 heteroatoms. The molecule has 2 aromatic heterocycles. The molecule has 0 aliphatic heterocycles. The number of carboxylic acid groups (broad SMARTS) is 2. The zero-order chi connectivity index (χ0) is 21.1. The largest absolute Gasteiger partial charge is 0.481 e. The lowest BCUT2D eigenvalue weighted by molar-refractivity contribution is -0.145. The molecule has 1 aromatic carbocycles. The van der Waals surface area contributed by atoms with Crippen LogP contribution in [0.1, 0.15) is 22.3 Å². The van der Waals surface area contributed by atoms with E-state index in [0.29, 0.717) is 16.3 Å². The van der Waals surface area contributed by atoms with Gasteiger partial charge in [0.05, 0.1) is 12.1 Å². The predicted octanol–water partition coefficient (Wildman–Crippen LogP) is 1.29. The van der Waals surface area contributed by atoms with E-state index < -0.39 is 30.3 Å². The van der Waals surface area contributed by atoms with E-state index in [9.17, 15) is 14.4 Å². The first-order chi connectivity index (χ1) is 13.7. The Kier molecular flexibility index (Phi) is 5.55. The molecule has 3 rings (SSSR count). The fourth-order valence-electron chi connectivity index (χ4n) is 2.68. The van der Waals surface area contributed by atoms with Crippen molar-refractivity contribution in [2.45, 2.75) is 12.5 Å². The minimum atomic E-state index is -1.53. The monoisotopic (exact) mass is 412 g/mol. The summed E-state index contributed by atoms with van der Waals surface area (Å²) in [5.74, 6) is -3.45. The number of thiocarbonyl (C=S) groups is 1. The Morgan fingerprint density at radius 2 is 1.83 bits per heavy atom. The normalized spacial score (nSPS) is 11.7. The number of hydrogen-bond donors (Lipinski definition) is 4. The van der Waals surface area contributed by atoms with E-state index in [4.69, 9.17) is 28.2 Å². The van der Waals surface area contributed by atoms with Crippen molar-refractivity contribution in [3.8, 4) is 11.3 Å². The minimum Gasteiger partial charge on any atom is -0.481 e. The van der Waals surface area contributed by atoms with Gasteiger partial charge >= 0.3 is 11.9 Å². The molecule has 3 aromatic rings. The number of hydrogen-bond acceptors (Lipinski definition) is 5. The van der Waals surface area contributed by atoms with Crippen LogP contribution in [0.15, 0.2) is 48.8 Å². The molecule has 0 aliphatic rings. The number of aliphatic carboxylic acids is 2. The number of nitrogens with one attached hydrogen (secondary N) is 1. The summed E-state index contributed by atoms with van der Waals surface area (Å²) in [6.07, 6.45) is 2.66. The number of imidazole rings is 1. The molecule has 2 heterocycles. The Bertz CT molecular complexity index is 1120. The molecule has 0 spiro atoms. The van der Waals surface area contributed by atoms with E-state index in [2.05, 4.69) is 10.3 Å². The van der Waals surface area contributed by atoms with Gasteiger partial charge in [-0.25, -0.2) is 9.78 Å². The molecule has 1 amide bonds. The zero-order valence-electron chi connectivity index (χ0n) is 14.9. The first-order valence-corrected chi connectivity index (χ1v) is 8.80. The number of nitrogens with two attached hydrogens (primary N) is 1. The van der Waals surface area contributed by atoms with Crippen molar-refractivity contribution in [3.63, 3.8) is 0 Å². The summed E-state index contributed by atoms with van der Waals surface area (Å²) in [6, 6.07) is 8.68. The van der Waals surface area contributed by atoms with Gasteiger partial charge in [0.15, 0.2) is 0 Å². The summed E-state index contributed by atoms with van der Waals surface area (Å²) in [6.45, 7) is 0. The maximum absolute atomic E-state index is 12.3. The average Bonchev–Trinajstić information content (AvgIpc) is 3.10. The van der Waals surface area contributed by atoms with E-state index in [1.165, 1.54) is 12.1 Å². The van der Waals surface area contributed by atoms with Crippen LogP contribution in [0.25, 0.3) is 16.9 Å². The number of nitrogens with zero attached hydrogens (tertiary/aromatic N) is 2. The van der Waals surface area contributed by atoms with Crippen molar-refractivity contribution in [3.05, 3.63) is 59.9 Å². The predicted molar refractivity (Wildman–Crippen MR) is 108 cm³/mol. The molecule has 148 valence electrons. The van der Waals surface area contributed by atoms with Crippen LogP contribution in [0, 0.1) is 0 Å². The first-order valence-electron chi connectivity index (χ1n) is 8.39. The SMILES string of the molecule is NC(=S)c1ccc(-c2cn3ccc(C(=O)N[C@@H](CC(=O)O)C(=O)O)cc3n2)cc1. The van der Waals surface area contributed by atoms with Crippen molar-refractivity contribution in [1.29, 1.82) is 0 Å². The lowest BCUT2D eigenvalue weighted by Crippen LogP contribution is -2.42. The van der Waals surface area contributed by atoms with Gasteiger partial charge in [0, 0.05) is 29.1 Å². The molecule has 0 unspecified atom stereocenters. The Balaban J connectivity index is 1.84. The summed E-state index contributed by atoms with van der Waals surface area (Å²) >= 11 is 4.93. The van der Waals surface area contributed by atoms with Gasteiger partial charge in [-0.2, -0.15) is 0 Å². The van der Waals surface area contributed by atoms with Gasteiger partial charge < -0.3 is 25.7 Å². The third-order valence-electron chi connectivity index (χ3n) is 4.17. The number of carboxylic acids is 2. The number of rotatable bonds is 7. The molecule has 0 bridgehead atoms.